The van der Waals surface area contributed by atoms with E-state index in [4.69, 9.17) is 4.42 Å². The van der Waals surface area contributed by atoms with E-state index in [2.05, 4.69) is 0 Å². The topological polar surface area (TPSA) is 70.8 Å². The number of aliphatic carboxylic acids is 1. The van der Waals surface area contributed by atoms with Crippen LogP contribution in [-0.2, 0) is 17.6 Å². The molecule has 2 heterocycles. The van der Waals surface area contributed by atoms with Crippen LogP contribution in [0.25, 0.3) is 0 Å². The van der Waals surface area contributed by atoms with Crippen molar-refractivity contribution in [1.82, 2.24) is 4.90 Å². The average molecular weight is 299 g/mol. The summed E-state index contributed by atoms with van der Waals surface area (Å²) in [5.41, 5.74) is 1.66. The molecule has 5 nitrogen and oxygen atoms in total. The molecule has 1 aliphatic heterocycles. The van der Waals surface area contributed by atoms with Crippen LogP contribution in [-0.4, -0.2) is 28.4 Å². The summed E-state index contributed by atoms with van der Waals surface area (Å²) in [6.45, 7) is 2.30. The lowest BCUT2D eigenvalue weighted by atomic mass is 9.92. The van der Waals surface area contributed by atoms with Gasteiger partial charge in [0, 0.05) is 13.0 Å². The first-order valence-corrected chi connectivity index (χ1v) is 7.32. The van der Waals surface area contributed by atoms with Gasteiger partial charge in [-0.2, -0.15) is 0 Å². The second-order valence-electron chi connectivity index (χ2n) is 5.31. The number of fused-ring (bicyclic) bond motifs is 1. The Hall–Kier alpha value is -2.56. The third-order valence-corrected chi connectivity index (χ3v) is 4.00. The highest BCUT2D eigenvalue weighted by Gasteiger charge is 2.37. The SMILES string of the molecule is CCc1ccc(C(=O)N2CCc3ccccc3[C@H]2C(=O)O)o1. The maximum Gasteiger partial charge on any atom is 0.331 e. The minimum atomic E-state index is -1.03. The molecule has 0 radical (unpaired) electrons. The molecular weight excluding hydrogens is 282 g/mol. The number of rotatable bonds is 3. The van der Waals surface area contributed by atoms with Gasteiger partial charge in [0.15, 0.2) is 11.8 Å². The molecule has 0 bridgehead atoms. The van der Waals surface area contributed by atoms with Crippen LogP contribution < -0.4 is 0 Å². The van der Waals surface area contributed by atoms with E-state index in [1.807, 2.05) is 19.1 Å². The molecule has 2 aromatic rings. The molecule has 114 valence electrons. The smallest absolute Gasteiger partial charge is 0.331 e. The van der Waals surface area contributed by atoms with Gasteiger partial charge in [-0.1, -0.05) is 31.2 Å². The highest BCUT2D eigenvalue weighted by molar-refractivity contribution is 5.95. The largest absolute Gasteiger partial charge is 0.479 e. The van der Waals surface area contributed by atoms with Crippen LogP contribution in [0.5, 0.6) is 0 Å². The van der Waals surface area contributed by atoms with Crippen molar-refractivity contribution in [3.63, 3.8) is 0 Å². The highest BCUT2D eigenvalue weighted by atomic mass is 16.4. The summed E-state index contributed by atoms with van der Waals surface area (Å²) in [5, 5.41) is 9.58. The zero-order chi connectivity index (χ0) is 15.7. The molecule has 1 amide bonds. The van der Waals surface area contributed by atoms with Gasteiger partial charge in [0.2, 0.25) is 0 Å². The van der Waals surface area contributed by atoms with Crippen LogP contribution in [0, 0.1) is 0 Å². The Morgan fingerprint density at radius 2 is 2.05 bits per heavy atom. The maximum atomic E-state index is 12.6. The van der Waals surface area contributed by atoms with Crippen LogP contribution in [0.1, 0.15) is 40.4 Å². The van der Waals surface area contributed by atoms with Crippen molar-refractivity contribution in [2.45, 2.75) is 25.8 Å². The molecule has 22 heavy (non-hydrogen) atoms. The van der Waals surface area contributed by atoms with E-state index in [1.165, 1.54) is 4.90 Å². The number of nitrogens with zero attached hydrogens (tertiary/aromatic N) is 1. The molecule has 0 saturated carbocycles. The maximum absolute atomic E-state index is 12.6. The van der Waals surface area contributed by atoms with E-state index in [1.54, 1.807) is 24.3 Å². The summed E-state index contributed by atoms with van der Waals surface area (Å²) in [6.07, 6.45) is 1.34. The Balaban J connectivity index is 1.96. The Kier molecular flexibility index (Phi) is 3.71. The Bertz CT molecular complexity index is 719. The van der Waals surface area contributed by atoms with Crippen molar-refractivity contribution in [2.75, 3.05) is 6.54 Å². The minimum Gasteiger partial charge on any atom is -0.479 e. The quantitative estimate of drug-likeness (QED) is 0.946. The molecule has 1 aromatic carbocycles. The third-order valence-electron chi connectivity index (χ3n) is 4.00. The first-order valence-electron chi connectivity index (χ1n) is 7.32. The fourth-order valence-electron chi connectivity index (χ4n) is 2.88. The van der Waals surface area contributed by atoms with Crippen molar-refractivity contribution >= 4 is 11.9 Å². The number of hydrogen-bond donors (Lipinski definition) is 1. The fraction of sp³-hybridized carbons (Fsp3) is 0.294. The molecular formula is C17H17NO4. The van der Waals surface area contributed by atoms with Gasteiger partial charge in [-0.3, -0.25) is 4.79 Å². The molecule has 1 aliphatic rings. The van der Waals surface area contributed by atoms with Crippen LogP contribution in [0.4, 0.5) is 0 Å². The number of amides is 1. The van der Waals surface area contributed by atoms with Gasteiger partial charge < -0.3 is 14.4 Å². The lowest BCUT2D eigenvalue weighted by Gasteiger charge is -2.34. The van der Waals surface area contributed by atoms with E-state index >= 15 is 0 Å². The molecule has 0 unspecified atom stereocenters. The lowest BCUT2D eigenvalue weighted by molar-refractivity contribution is -0.143. The fourth-order valence-corrected chi connectivity index (χ4v) is 2.88. The van der Waals surface area contributed by atoms with Gasteiger partial charge in [0.1, 0.15) is 5.76 Å². The van der Waals surface area contributed by atoms with Crippen LogP contribution in [0.3, 0.4) is 0 Å². The Labute approximate surface area is 128 Å². The number of benzene rings is 1. The monoisotopic (exact) mass is 299 g/mol. The van der Waals surface area contributed by atoms with Crippen LogP contribution in [0.15, 0.2) is 40.8 Å². The predicted molar refractivity (Wildman–Crippen MR) is 79.6 cm³/mol. The average Bonchev–Trinajstić information content (AvgIpc) is 3.02. The van der Waals surface area contributed by atoms with E-state index < -0.39 is 12.0 Å². The molecule has 0 fully saturated rings. The number of hydrogen-bond acceptors (Lipinski definition) is 3. The summed E-state index contributed by atoms with van der Waals surface area (Å²) in [4.78, 5) is 25.7. The first-order chi connectivity index (χ1) is 10.6. The van der Waals surface area contributed by atoms with Crippen molar-refractivity contribution in [3.05, 3.63) is 59.0 Å². The van der Waals surface area contributed by atoms with E-state index in [0.717, 1.165) is 5.56 Å². The normalized spacial score (nSPS) is 17.1. The van der Waals surface area contributed by atoms with Gasteiger partial charge in [-0.25, -0.2) is 4.79 Å². The van der Waals surface area contributed by atoms with Gasteiger partial charge in [0.25, 0.3) is 5.91 Å². The molecule has 1 N–H and O–H groups in total. The zero-order valence-corrected chi connectivity index (χ0v) is 12.3. The molecule has 0 spiro atoms. The zero-order valence-electron chi connectivity index (χ0n) is 12.3. The van der Waals surface area contributed by atoms with Crippen molar-refractivity contribution < 1.29 is 19.1 Å². The summed E-state index contributed by atoms with van der Waals surface area (Å²) in [5.74, 6) is -0.487. The Morgan fingerprint density at radius 1 is 1.27 bits per heavy atom. The van der Waals surface area contributed by atoms with E-state index in [9.17, 15) is 14.7 Å². The van der Waals surface area contributed by atoms with E-state index in [0.29, 0.717) is 30.7 Å². The van der Waals surface area contributed by atoms with Crippen molar-refractivity contribution in [1.29, 1.82) is 0 Å². The standard InChI is InChI=1S/C17H17NO4/c1-2-12-7-8-14(22-12)16(19)18-10-9-11-5-3-4-6-13(11)15(18)17(20)21/h3-8,15H,2,9-10H2,1H3,(H,20,21)/t15-/m0/s1. The van der Waals surface area contributed by atoms with Crippen LogP contribution >= 0.6 is 0 Å². The molecule has 3 rings (SSSR count). The second kappa shape index (κ2) is 5.67. The summed E-state index contributed by atoms with van der Waals surface area (Å²) < 4.78 is 5.48. The third kappa shape index (κ3) is 2.39. The Morgan fingerprint density at radius 3 is 2.73 bits per heavy atom. The summed E-state index contributed by atoms with van der Waals surface area (Å²) in [6, 6.07) is 9.76. The number of carbonyl (C=O) groups excluding carboxylic acids is 1. The van der Waals surface area contributed by atoms with E-state index in [-0.39, 0.29) is 11.7 Å². The number of furan rings is 1. The molecule has 1 aromatic heterocycles. The predicted octanol–water partition coefficient (Wildman–Crippen LogP) is 2.67. The molecule has 1 atom stereocenters. The lowest BCUT2D eigenvalue weighted by Crippen LogP contribution is -2.43. The summed E-state index contributed by atoms with van der Waals surface area (Å²) in [7, 11) is 0. The number of carbonyl (C=O) groups is 2. The molecule has 0 saturated heterocycles. The molecule has 5 heteroatoms. The van der Waals surface area contributed by atoms with Crippen LogP contribution in [0.2, 0.25) is 0 Å². The number of carboxylic acids is 1. The van der Waals surface area contributed by atoms with Crippen molar-refractivity contribution in [3.8, 4) is 0 Å². The molecule has 0 aliphatic carbocycles. The van der Waals surface area contributed by atoms with Gasteiger partial charge in [-0.15, -0.1) is 0 Å². The number of carboxylic acid groups (broad SMARTS) is 1. The van der Waals surface area contributed by atoms with Gasteiger partial charge in [-0.05, 0) is 29.7 Å². The second-order valence-corrected chi connectivity index (χ2v) is 5.31. The minimum absolute atomic E-state index is 0.197. The summed E-state index contributed by atoms with van der Waals surface area (Å²) >= 11 is 0. The van der Waals surface area contributed by atoms with Gasteiger partial charge >= 0.3 is 5.97 Å². The number of aryl methyl sites for hydroxylation is 1. The highest BCUT2D eigenvalue weighted by Crippen LogP contribution is 2.31. The van der Waals surface area contributed by atoms with Gasteiger partial charge in [0.05, 0.1) is 0 Å². The first kappa shape index (κ1) is 14.4. The van der Waals surface area contributed by atoms with Crippen molar-refractivity contribution in [2.24, 2.45) is 0 Å².